The highest BCUT2D eigenvalue weighted by Gasteiger charge is 2.36. The van der Waals surface area contributed by atoms with Gasteiger partial charge in [0.2, 0.25) is 17.7 Å². The van der Waals surface area contributed by atoms with Crippen LogP contribution in [0.25, 0.3) is 0 Å². The van der Waals surface area contributed by atoms with Crippen LogP contribution in [0.1, 0.15) is 38.1 Å². The first-order valence-electron chi connectivity index (χ1n) is 8.26. The van der Waals surface area contributed by atoms with E-state index in [2.05, 4.69) is 15.3 Å². The molecule has 2 heterocycles. The predicted molar refractivity (Wildman–Crippen MR) is 86.1 cm³/mol. The van der Waals surface area contributed by atoms with E-state index in [1.807, 2.05) is 0 Å². The zero-order valence-electron chi connectivity index (χ0n) is 14.7. The molecule has 7 nitrogen and oxygen atoms in total. The summed E-state index contributed by atoms with van der Waals surface area (Å²) in [5, 5.41) is 2.51. The number of hydrogen-bond acceptors (Lipinski definition) is 6. The molecule has 0 saturated heterocycles. The molecule has 0 spiro atoms. The predicted octanol–water partition coefficient (Wildman–Crippen LogP) is 3.90. The maximum absolute atomic E-state index is 13.1. The molecule has 0 atom stereocenters. The van der Waals surface area contributed by atoms with Crippen molar-refractivity contribution in [2.24, 2.45) is 5.92 Å². The number of pyridine rings is 1. The molecule has 3 rings (SSSR count). The van der Waals surface area contributed by atoms with Crippen LogP contribution in [0.5, 0.6) is 11.8 Å². The van der Waals surface area contributed by atoms with Gasteiger partial charge in [0, 0.05) is 6.07 Å². The SMILES string of the molecule is CC(C)(NC(=O)Oc1ccc(C(F)(F)F)c(OCC2CC2)n1)c1ncco1. The number of amides is 1. The Morgan fingerprint density at radius 1 is 1.33 bits per heavy atom. The van der Waals surface area contributed by atoms with Crippen LogP contribution in [0.15, 0.2) is 29.0 Å². The van der Waals surface area contributed by atoms with E-state index < -0.39 is 29.3 Å². The van der Waals surface area contributed by atoms with Crippen molar-refractivity contribution in [3.05, 3.63) is 36.0 Å². The molecule has 0 radical (unpaired) electrons. The normalized spacial score (nSPS) is 14.7. The van der Waals surface area contributed by atoms with Crippen molar-refractivity contribution >= 4 is 6.09 Å². The van der Waals surface area contributed by atoms with Gasteiger partial charge in [-0.25, -0.2) is 9.78 Å². The fourth-order valence-corrected chi connectivity index (χ4v) is 2.25. The summed E-state index contributed by atoms with van der Waals surface area (Å²) >= 11 is 0. The number of ether oxygens (including phenoxy) is 2. The van der Waals surface area contributed by atoms with Crippen LogP contribution in [0, 0.1) is 5.92 Å². The molecule has 1 aliphatic rings. The summed E-state index contributed by atoms with van der Waals surface area (Å²) in [6.45, 7) is 3.40. The van der Waals surface area contributed by atoms with Gasteiger partial charge in [0.25, 0.3) is 0 Å². The summed E-state index contributed by atoms with van der Waals surface area (Å²) in [5.41, 5.74) is -2.01. The van der Waals surface area contributed by atoms with E-state index in [-0.39, 0.29) is 24.3 Å². The topological polar surface area (TPSA) is 86.5 Å². The van der Waals surface area contributed by atoms with Crippen LogP contribution in [-0.4, -0.2) is 22.7 Å². The van der Waals surface area contributed by atoms with E-state index in [4.69, 9.17) is 13.9 Å². The maximum atomic E-state index is 13.1. The first-order chi connectivity index (χ1) is 12.6. The molecule has 10 heteroatoms. The molecule has 1 amide bonds. The lowest BCUT2D eigenvalue weighted by Gasteiger charge is -2.21. The van der Waals surface area contributed by atoms with E-state index in [0.29, 0.717) is 0 Å². The highest BCUT2D eigenvalue weighted by molar-refractivity contribution is 5.70. The molecule has 1 N–H and O–H groups in total. The largest absolute Gasteiger partial charge is 0.477 e. The summed E-state index contributed by atoms with van der Waals surface area (Å²) in [4.78, 5) is 19.7. The highest BCUT2D eigenvalue weighted by atomic mass is 19.4. The summed E-state index contributed by atoms with van der Waals surface area (Å²) < 4.78 is 54.7. The minimum atomic E-state index is -4.63. The van der Waals surface area contributed by atoms with Gasteiger partial charge in [-0.05, 0) is 38.7 Å². The maximum Gasteiger partial charge on any atom is 0.421 e. The van der Waals surface area contributed by atoms with Crippen molar-refractivity contribution in [1.29, 1.82) is 0 Å². The third-order valence-electron chi connectivity index (χ3n) is 3.87. The number of alkyl halides is 3. The molecule has 146 valence electrons. The molecular formula is C17H18F3N3O4. The van der Waals surface area contributed by atoms with Crippen LogP contribution in [0.3, 0.4) is 0 Å². The number of hydrogen-bond donors (Lipinski definition) is 1. The fourth-order valence-electron chi connectivity index (χ4n) is 2.25. The second-order valence-corrected chi connectivity index (χ2v) is 6.73. The molecule has 2 aromatic rings. The van der Waals surface area contributed by atoms with E-state index in [9.17, 15) is 18.0 Å². The van der Waals surface area contributed by atoms with Gasteiger partial charge in [-0.15, -0.1) is 0 Å². The zero-order valence-corrected chi connectivity index (χ0v) is 14.7. The Bertz CT molecular complexity index is 802. The van der Waals surface area contributed by atoms with E-state index in [0.717, 1.165) is 25.0 Å². The van der Waals surface area contributed by atoms with E-state index in [1.54, 1.807) is 13.8 Å². The first kappa shape index (κ1) is 19.0. The van der Waals surface area contributed by atoms with Gasteiger partial charge in [0.1, 0.15) is 17.4 Å². The molecule has 0 bridgehead atoms. The monoisotopic (exact) mass is 385 g/mol. The Morgan fingerprint density at radius 2 is 2.07 bits per heavy atom. The zero-order chi connectivity index (χ0) is 19.7. The Labute approximate surface area is 152 Å². The van der Waals surface area contributed by atoms with Crippen molar-refractivity contribution in [2.75, 3.05) is 6.61 Å². The number of carbonyl (C=O) groups excluding carboxylic acids is 1. The van der Waals surface area contributed by atoms with Crippen molar-refractivity contribution in [1.82, 2.24) is 15.3 Å². The van der Waals surface area contributed by atoms with Gasteiger partial charge in [-0.2, -0.15) is 18.2 Å². The molecule has 27 heavy (non-hydrogen) atoms. The van der Waals surface area contributed by atoms with Crippen LogP contribution < -0.4 is 14.8 Å². The average Bonchev–Trinajstić information content (AvgIpc) is 3.21. The number of rotatable bonds is 6. The lowest BCUT2D eigenvalue weighted by Crippen LogP contribution is -2.42. The van der Waals surface area contributed by atoms with Crippen LogP contribution in [-0.2, 0) is 11.7 Å². The Balaban J connectivity index is 1.71. The molecular weight excluding hydrogens is 367 g/mol. The summed E-state index contributed by atoms with van der Waals surface area (Å²) in [5.74, 6) is -0.434. The van der Waals surface area contributed by atoms with Gasteiger partial charge in [-0.1, -0.05) is 0 Å². The van der Waals surface area contributed by atoms with Crippen molar-refractivity contribution < 1.29 is 31.9 Å². The highest BCUT2D eigenvalue weighted by Crippen LogP contribution is 2.37. The number of nitrogens with zero attached hydrogens (tertiary/aromatic N) is 2. The minimum Gasteiger partial charge on any atom is -0.477 e. The second kappa shape index (κ2) is 7.09. The van der Waals surface area contributed by atoms with Gasteiger partial charge < -0.3 is 19.2 Å². The van der Waals surface area contributed by atoms with E-state index >= 15 is 0 Å². The Hall–Kier alpha value is -2.78. The molecule has 1 saturated carbocycles. The van der Waals surface area contributed by atoms with Crippen molar-refractivity contribution in [3.8, 4) is 11.8 Å². The van der Waals surface area contributed by atoms with Crippen molar-refractivity contribution in [2.45, 2.75) is 38.4 Å². The van der Waals surface area contributed by atoms with Crippen molar-refractivity contribution in [3.63, 3.8) is 0 Å². The third-order valence-corrected chi connectivity index (χ3v) is 3.87. The second-order valence-electron chi connectivity index (χ2n) is 6.73. The minimum absolute atomic E-state index is 0.142. The number of oxazole rings is 1. The lowest BCUT2D eigenvalue weighted by molar-refractivity contribution is -0.139. The van der Waals surface area contributed by atoms with Gasteiger partial charge >= 0.3 is 12.3 Å². The molecule has 1 fully saturated rings. The average molecular weight is 385 g/mol. The fraction of sp³-hybridized carbons (Fsp3) is 0.471. The molecule has 2 aromatic heterocycles. The third kappa shape index (κ3) is 4.89. The molecule has 0 unspecified atom stereocenters. The molecule has 0 aliphatic heterocycles. The number of carbonyl (C=O) groups is 1. The number of halogens is 3. The molecule has 1 aliphatic carbocycles. The quantitative estimate of drug-likeness (QED) is 0.812. The number of nitrogens with one attached hydrogen (secondary N) is 1. The van der Waals surface area contributed by atoms with Gasteiger partial charge in [-0.3, -0.25) is 0 Å². The standard InChI is InChI=1S/C17H18F3N3O4/c1-16(2,14-21-7-8-25-14)23-15(24)27-12-6-5-11(17(18,19)20)13(22-12)26-9-10-3-4-10/h5-8,10H,3-4,9H2,1-2H3,(H,23,24). The summed E-state index contributed by atoms with van der Waals surface area (Å²) in [7, 11) is 0. The first-order valence-corrected chi connectivity index (χ1v) is 8.26. The molecule has 0 aromatic carbocycles. The van der Waals surface area contributed by atoms with E-state index in [1.165, 1.54) is 12.5 Å². The summed E-state index contributed by atoms with van der Waals surface area (Å²) in [6, 6.07) is 1.74. The van der Waals surface area contributed by atoms with Gasteiger partial charge in [0.15, 0.2) is 0 Å². The van der Waals surface area contributed by atoms with Crippen LogP contribution in [0.4, 0.5) is 18.0 Å². The van der Waals surface area contributed by atoms with Gasteiger partial charge in [0.05, 0.1) is 12.8 Å². The Morgan fingerprint density at radius 3 is 2.67 bits per heavy atom. The Kier molecular flexibility index (Phi) is 4.99. The summed E-state index contributed by atoms with van der Waals surface area (Å²) in [6.07, 6.45) is -0.944. The van der Waals surface area contributed by atoms with Crippen LogP contribution >= 0.6 is 0 Å². The lowest BCUT2D eigenvalue weighted by atomic mass is 10.1. The smallest absolute Gasteiger partial charge is 0.421 e. The van der Waals surface area contributed by atoms with Crippen LogP contribution in [0.2, 0.25) is 0 Å². The number of aromatic nitrogens is 2.